The number of aryl methyl sites for hydroxylation is 2. The maximum absolute atomic E-state index is 6.23. The number of benzene rings is 1. The predicted octanol–water partition coefficient (Wildman–Crippen LogP) is 3.12. The Balaban J connectivity index is 2.33. The number of nitrogens with zero attached hydrogens (tertiary/aromatic N) is 2. The molecule has 0 saturated heterocycles. The van der Waals surface area contributed by atoms with E-state index in [1.165, 1.54) is 40.7 Å². The first-order valence-corrected chi connectivity index (χ1v) is 7.15. The lowest BCUT2D eigenvalue weighted by molar-refractivity contribution is 0.667. The van der Waals surface area contributed by atoms with E-state index in [9.17, 15) is 0 Å². The molecule has 19 heavy (non-hydrogen) atoms. The van der Waals surface area contributed by atoms with Crippen LogP contribution in [0.25, 0.3) is 10.9 Å². The van der Waals surface area contributed by atoms with Crippen molar-refractivity contribution in [2.24, 2.45) is 5.84 Å². The van der Waals surface area contributed by atoms with E-state index in [-0.39, 0.29) is 0 Å². The van der Waals surface area contributed by atoms with E-state index in [2.05, 4.69) is 32.0 Å². The molecule has 1 aromatic heterocycles. The molecule has 3 nitrogen and oxygen atoms in total. The molecule has 2 N–H and O–H groups in total. The third-order valence-corrected chi connectivity index (χ3v) is 4.02. The summed E-state index contributed by atoms with van der Waals surface area (Å²) in [6.07, 6.45) is 4.68. The molecule has 0 bridgehead atoms. The van der Waals surface area contributed by atoms with Crippen LogP contribution in [0.5, 0.6) is 0 Å². The van der Waals surface area contributed by atoms with Crippen molar-refractivity contribution in [1.82, 2.24) is 4.98 Å². The summed E-state index contributed by atoms with van der Waals surface area (Å²) in [5, 5.41) is 3.07. The van der Waals surface area contributed by atoms with Gasteiger partial charge in [-0.2, -0.15) is 0 Å². The van der Waals surface area contributed by atoms with Gasteiger partial charge in [0, 0.05) is 17.6 Å². The van der Waals surface area contributed by atoms with Gasteiger partial charge in [-0.1, -0.05) is 12.1 Å². The third-order valence-electron chi connectivity index (χ3n) is 4.02. The molecule has 0 amide bonds. The van der Waals surface area contributed by atoms with Crippen molar-refractivity contribution in [3.63, 3.8) is 0 Å². The molecule has 2 aromatic rings. The largest absolute Gasteiger partial charge is 0.310 e. The highest BCUT2D eigenvalue weighted by molar-refractivity contribution is 5.94. The topological polar surface area (TPSA) is 42.1 Å². The first-order chi connectivity index (χ1) is 9.20. The van der Waals surface area contributed by atoms with Crippen molar-refractivity contribution in [2.45, 2.75) is 39.5 Å². The van der Waals surface area contributed by atoms with Crippen LogP contribution in [0.2, 0.25) is 0 Å². The number of hydrazine groups is 1. The monoisotopic (exact) mass is 255 g/mol. The second kappa shape index (κ2) is 4.82. The summed E-state index contributed by atoms with van der Waals surface area (Å²) in [6, 6.07) is 6.47. The average Bonchev–Trinajstić information content (AvgIpc) is 2.43. The number of fused-ring (bicyclic) bond motifs is 2. The molecule has 1 aromatic carbocycles. The zero-order valence-electron chi connectivity index (χ0n) is 11.7. The molecule has 3 heteroatoms. The molecule has 0 radical (unpaired) electrons. The highest BCUT2D eigenvalue weighted by Crippen LogP contribution is 2.35. The minimum absolute atomic E-state index is 0.819. The number of hydrogen-bond donors (Lipinski definition) is 1. The van der Waals surface area contributed by atoms with E-state index in [1.807, 2.05) is 5.01 Å². The Morgan fingerprint density at radius 3 is 2.84 bits per heavy atom. The highest BCUT2D eigenvalue weighted by Gasteiger charge is 2.20. The molecule has 1 heterocycles. The number of anilines is 1. The van der Waals surface area contributed by atoms with Gasteiger partial charge in [0.1, 0.15) is 0 Å². The average molecular weight is 255 g/mol. The van der Waals surface area contributed by atoms with Crippen molar-refractivity contribution < 1.29 is 0 Å². The van der Waals surface area contributed by atoms with Crippen LogP contribution in [0.4, 0.5) is 5.69 Å². The Morgan fingerprint density at radius 1 is 1.26 bits per heavy atom. The van der Waals surface area contributed by atoms with Crippen LogP contribution < -0.4 is 10.9 Å². The van der Waals surface area contributed by atoms with Crippen LogP contribution in [0.15, 0.2) is 18.2 Å². The van der Waals surface area contributed by atoms with Gasteiger partial charge >= 0.3 is 0 Å². The van der Waals surface area contributed by atoms with Crippen LogP contribution in [0.3, 0.4) is 0 Å². The molecule has 1 aliphatic carbocycles. The summed E-state index contributed by atoms with van der Waals surface area (Å²) < 4.78 is 0. The number of hydrogen-bond acceptors (Lipinski definition) is 3. The standard InChI is InChI=1S/C16H21N3/c1-3-19(17)16-12-6-4-5-7-14(12)18-15-10-11(2)8-9-13(15)16/h8-10H,3-7,17H2,1-2H3. The zero-order valence-corrected chi connectivity index (χ0v) is 11.7. The fourth-order valence-electron chi connectivity index (χ4n) is 3.00. The summed E-state index contributed by atoms with van der Waals surface area (Å²) in [4.78, 5) is 4.87. The van der Waals surface area contributed by atoms with Crippen LogP contribution in [0, 0.1) is 6.92 Å². The first-order valence-electron chi connectivity index (χ1n) is 7.15. The Hall–Kier alpha value is -1.61. The smallest absolute Gasteiger partial charge is 0.0729 e. The quantitative estimate of drug-likeness (QED) is 0.662. The summed E-state index contributed by atoms with van der Waals surface area (Å²) in [7, 11) is 0. The van der Waals surface area contributed by atoms with E-state index in [4.69, 9.17) is 10.8 Å². The van der Waals surface area contributed by atoms with Crippen molar-refractivity contribution >= 4 is 16.6 Å². The molecule has 0 saturated carbocycles. The molecule has 1 aliphatic rings. The molecule has 3 rings (SSSR count). The third kappa shape index (κ3) is 2.08. The summed E-state index contributed by atoms with van der Waals surface area (Å²) in [5.74, 6) is 6.23. The fourth-order valence-corrected chi connectivity index (χ4v) is 3.00. The van der Waals surface area contributed by atoms with Gasteiger partial charge in [-0.3, -0.25) is 4.98 Å². The zero-order chi connectivity index (χ0) is 13.4. The highest BCUT2D eigenvalue weighted by atomic mass is 15.4. The molecule has 0 unspecified atom stereocenters. The molecule has 0 spiro atoms. The molecule has 100 valence electrons. The number of nitrogens with two attached hydrogens (primary N) is 1. The van der Waals surface area contributed by atoms with Crippen LogP contribution in [0.1, 0.15) is 36.6 Å². The van der Waals surface area contributed by atoms with Gasteiger partial charge in [-0.15, -0.1) is 0 Å². The summed E-state index contributed by atoms with van der Waals surface area (Å²) in [6.45, 7) is 5.02. The van der Waals surface area contributed by atoms with Gasteiger partial charge in [0.05, 0.1) is 11.2 Å². The van der Waals surface area contributed by atoms with Gasteiger partial charge in [0.2, 0.25) is 0 Å². The molecule has 0 fully saturated rings. The molecule has 0 atom stereocenters. The van der Waals surface area contributed by atoms with Crippen molar-refractivity contribution in [1.29, 1.82) is 0 Å². The van der Waals surface area contributed by atoms with E-state index in [0.29, 0.717) is 0 Å². The predicted molar refractivity (Wildman–Crippen MR) is 80.3 cm³/mol. The summed E-state index contributed by atoms with van der Waals surface area (Å²) >= 11 is 0. The van der Waals surface area contributed by atoms with E-state index in [1.54, 1.807) is 0 Å². The Bertz CT molecular complexity index is 619. The molecule has 0 aliphatic heterocycles. The normalized spacial score (nSPS) is 14.5. The van der Waals surface area contributed by atoms with Gasteiger partial charge in [-0.05, 0) is 56.7 Å². The number of rotatable bonds is 2. The minimum atomic E-state index is 0.819. The van der Waals surface area contributed by atoms with Crippen LogP contribution in [-0.2, 0) is 12.8 Å². The number of aromatic nitrogens is 1. The Morgan fingerprint density at radius 2 is 2.05 bits per heavy atom. The van der Waals surface area contributed by atoms with Gasteiger partial charge in [0.25, 0.3) is 0 Å². The molecular weight excluding hydrogens is 234 g/mol. The Labute approximate surface area is 114 Å². The lowest BCUT2D eigenvalue weighted by Crippen LogP contribution is -2.32. The maximum Gasteiger partial charge on any atom is 0.0729 e. The van der Waals surface area contributed by atoms with E-state index in [0.717, 1.165) is 24.9 Å². The van der Waals surface area contributed by atoms with Crippen molar-refractivity contribution in [3.05, 3.63) is 35.0 Å². The lowest BCUT2D eigenvalue weighted by Gasteiger charge is -2.26. The van der Waals surface area contributed by atoms with Crippen molar-refractivity contribution in [2.75, 3.05) is 11.6 Å². The van der Waals surface area contributed by atoms with E-state index >= 15 is 0 Å². The first kappa shape index (κ1) is 12.4. The van der Waals surface area contributed by atoms with Gasteiger partial charge < -0.3 is 5.01 Å². The van der Waals surface area contributed by atoms with Crippen molar-refractivity contribution in [3.8, 4) is 0 Å². The van der Waals surface area contributed by atoms with E-state index < -0.39 is 0 Å². The summed E-state index contributed by atoms with van der Waals surface area (Å²) in [5.41, 5.74) is 6.15. The fraction of sp³-hybridized carbons (Fsp3) is 0.438. The SMILES string of the molecule is CCN(N)c1c2c(nc3cc(C)ccc13)CCCC2. The lowest BCUT2D eigenvalue weighted by atomic mass is 9.92. The van der Waals surface area contributed by atoms with Crippen LogP contribution >= 0.6 is 0 Å². The van der Waals surface area contributed by atoms with Crippen LogP contribution in [-0.4, -0.2) is 11.5 Å². The second-order valence-electron chi connectivity index (χ2n) is 5.40. The number of pyridine rings is 1. The maximum atomic E-state index is 6.23. The van der Waals surface area contributed by atoms with Gasteiger partial charge in [0.15, 0.2) is 0 Å². The Kier molecular flexibility index (Phi) is 3.15. The molecular formula is C16H21N3. The minimum Gasteiger partial charge on any atom is -0.310 e. The second-order valence-corrected chi connectivity index (χ2v) is 5.40. The van der Waals surface area contributed by atoms with Gasteiger partial charge in [-0.25, -0.2) is 5.84 Å².